The van der Waals surface area contributed by atoms with Gasteiger partial charge in [0.1, 0.15) is 0 Å². The molecule has 3 aliphatic rings. The van der Waals surface area contributed by atoms with Crippen LogP contribution in [0, 0.1) is 17.3 Å². The number of aryl methyl sites for hydroxylation is 1. The predicted molar refractivity (Wildman–Crippen MR) is 135 cm³/mol. The summed E-state index contributed by atoms with van der Waals surface area (Å²) in [7, 11) is 0. The van der Waals surface area contributed by atoms with E-state index in [9.17, 15) is 14.4 Å². The van der Waals surface area contributed by atoms with Crippen LogP contribution in [-0.4, -0.2) is 30.7 Å². The first-order valence-corrected chi connectivity index (χ1v) is 13.0. The first kappa shape index (κ1) is 24.0. The summed E-state index contributed by atoms with van der Waals surface area (Å²) in [6.45, 7) is 1.79. The van der Waals surface area contributed by atoms with Gasteiger partial charge in [-0.25, -0.2) is 0 Å². The van der Waals surface area contributed by atoms with Gasteiger partial charge in [-0.15, -0.1) is 0 Å². The van der Waals surface area contributed by atoms with Gasteiger partial charge in [-0.1, -0.05) is 35.9 Å². The second kappa shape index (κ2) is 9.75. The molecule has 1 heterocycles. The average molecular weight is 494 g/mol. The highest BCUT2D eigenvalue weighted by Gasteiger charge is 2.48. The smallest absolute Gasteiger partial charge is 0.253 e. The summed E-state index contributed by atoms with van der Waals surface area (Å²) >= 11 is 6.22. The summed E-state index contributed by atoms with van der Waals surface area (Å²) in [5, 5.41) is 6.94. The number of rotatable bonds is 5. The van der Waals surface area contributed by atoms with Crippen LogP contribution in [0.3, 0.4) is 0 Å². The Labute approximate surface area is 211 Å². The van der Waals surface area contributed by atoms with E-state index >= 15 is 0 Å². The lowest BCUT2D eigenvalue weighted by Crippen LogP contribution is -2.49. The number of hydrogen-bond acceptors (Lipinski definition) is 4. The number of nitrogens with two attached hydrogens (primary N) is 1. The fraction of sp³-hybridized carbons (Fsp3) is 0.464. The van der Waals surface area contributed by atoms with Crippen molar-refractivity contribution in [3.63, 3.8) is 0 Å². The fourth-order valence-electron chi connectivity index (χ4n) is 6.44. The lowest BCUT2D eigenvalue weighted by atomic mass is 9.57. The number of benzene rings is 2. The Kier molecular flexibility index (Phi) is 6.69. The van der Waals surface area contributed by atoms with Crippen LogP contribution in [0.25, 0.3) is 0 Å². The van der Waals surface area contributed by atoms with Crippen LogP contribution < -0.4 is 16.4 Å². The highest BCUT2D eigenvalue weighted by molar-refractivity contribution is 6.33. The Morgan fingerprint density at radius 1 is 1.03 bits per heavy atom. The number of primary amides is 1. The molecule has 7 heteroatoms. The van der Waals surface area contributed by atoms with E-state index in [-0.39, 0.29) is 40.9 Å². The zero-order valence-corrected chi connectivity index (χ0v) is 20.6. The number of carbonyl (C=O) groups excluding carboxylic acids is 3. The highest BCUT2D eigenvalue weighted by atomic mass is 35.5. The normalized spacial score (nSPS) is 25.1. The summed E-state index contributed by atoms with van der Waals surface area (Å²) in [6, 6.07) is 12.7. The van der Waals surface area contributed by atoms with Gasteiger partial charge in [-0.3, -0.25) is 14.4 Å². The van der Waals surface area contributed by atoms with Gasteiger partial charge >= 0.3 is 0 Å². The van der Waals surface area contributed by atoms with Crippen LogP contribution in [0.15, 0.2) is 42.5 Å². The third-order valence-corrected chi connectivity index (χ3v) is 8.83. The van der Waals surface area contributed by atoms with E-state index in [2.05, 4.69) is 10.6 Å². The van der Waals surface area contributed by atoms with Crippen LogP contribution in [0.5, 0.6) is 0 Å². The van der Waals surface area contributed by atoms with Crippen molar-refractivity contribution in [3.8, 4) is 0 Å². The molecule has 1 saturated carbocycles. The van der Waals surface area contributed by atoms with Crippen molar-refractivity contribution >= 4 is 29.2 Å². The van der Waals surface area contributed by atoms with Gasteiger partial charge in [0.2, 0.25) is 5.91 Å². The number of ketones is 1. The quantitative estimate of drug-likeness (QED) is 0.543. The topological polar surface area (TPSA) is 101 Å². The van der Waals surface area contributed by atoms with Crippen molar-refractivity contribution < 1.29 is 14.4 Å². The van der Waals surface area contributed by atoms with Crippen molar-refractivity contribution in [2.75, 3.05) is 13.1 Å². The molecule has 3 atom stereocenters. The Hall–Kier alpha value is -2.70. The van der Waals surface area contributed by atoms with Crippen molar-refractivity contribution in [3.05, 3.63) is 69.7 Å². The third kappa shape index (κ3) is 4.62. The Morgan fingerprint density at radius 3 is 2.54 bits per heavy atom. The van der Waals surface area contributed by atoms with Crippen LogP contribution in [0.1, 0.15) is 76.4 Å². The molecule has 4 N–H and O–H groups in total. The van der Waals surface area contributed by atoms with Gasteiger partial charge in [-0.05, 0) is 92.8 Å². The van der Waals surface area contributed by atoms with Crippen LogP contribution in [0.2, 0.25) is 5.02 Å². The maximum Gasteiger partial charge on any atom is 0.253 e. The van der Waals surface area contributed by atoms with Crippen LogP contribution in [0.4, 0.5) is 0 Å². The van der Waals surface area contributed by atoms with Crippen molar-refractivity contribution in [2.24, 2.45) is 23.0 Å². The zero-order valence-electron chi connectivity index (χ0n) is 19.8. The molecule has 5 rings (SSSR count). The minimum atomic E-state index is -0.303. The maximum absolute atomic E-state index is 14.0. The van der Waals surface area contributed by atoms with E-state index in [1.165, 1.54) is 0 Å². The molecule has 1 aliphatic heterocycles. The molecule has 1 saturated heterocycles. The van der Waals surface area contributed by atoms with Gasteiger partial charge in [-0.2, -0.15) is 0 Å². The van der Waals surface area contributed by atoms with Crippen molar-refractivity contribution in [1.29, 1.82) is 0 Å². The molecule has 0 radical (unpaired) electrons. The largest absolute Gasteiger partial charge is 0.369 e. The lowest BCUT2D eigenvalue weighted by molar-refractivity contribution is -0.124. The first-order chi connectivity index (χ1) is 16.9. The molecular formula is C28H32ClN3O3. The summed E-state index contributed by atoms with van der Waals surface area (Å²) in [4.78, 5) is 38.9. The monoisotopic (exact) mass is 493 g/mol. The van der Waals surface area contributed by atoms with E-state index in [4.69, 9.17) is 17.3 Å². The van der Waals surface area contributed by atoms with Crippen LogP contribution >= 0.6 is 11.6 Å². The zero-order chi connectivity index (χ0) is 24.6. The number of hydrogen-bond donors (Lipinski definition) is 3. The molecule has 2 unspecified atom stereocenters. The van der Waals surface area contributed by atoms with Crippen molar-refractivity contribution in [1.82, 2.24) is 10.6 Å². The van der Waals surface area contributed by atoms with E-state index in [1.54, 1.807) is 24.3 Å². The summed E-state index contributed by atoms with van der Waals surface area (Å²) in [5.74, 6) is -0.880. The predicted octanol–water partition coefficient (Wildman–Crippen LogP) is 4.21. The van der Waals surface area contributed by atoms with E-state index < -0.39 is 0 Å². The lowest BCUT2D eigenvalue weighted by Gasteiger charge is -2.48. The molecule has 0 aromatic heterocycles. The highest BCUT2D eigenvalue weighted by Crippen LogP contribution is 2.50. The van der Waals surface area contributed by atoms with Gasteiger partial charge in [0.25, 0.3) is 5.91 Å². The third-order valence-electron chi connectivity index (χ3n) is 8.50. The van der Waals surface area contributed by atoms with Gasteiger partial charge in [0, 0.05) is 17.4 Å². The maximum atomic E-state index is 14.0. The number of nitrogens with one attached hydrogen (secondary N) is 2. The SMILES string of the molecule is NC(=O)C1CCC2(CCNCC2)C(C(=O)c2ccc3c(c2)[C@H](NC(=O)c2ccccc2Cl)CC3)C1. The van der Waals surface area contributed by atoms with Gasteiger partial charge in [0.05, 0.1) is 16.6 Å². The molecule has 2 aliphatic carbocycles. The molecule has 6 nitrogen and oxygen atoms in total. The summed E-state index contributed by atoms with van der Waals surface area (Å²) in [6.07, 6.45) is 5.66. The number of halogens is 1. The second-order valence-electron chi connectivity index (χ2n) is 10.4. The average Bonchev–Trinajstić information content (AvgIpc) is 3.26. The Bertz CT molecular complexity index is 1160. The molecule has 1 spiro atoms. The second-order valence-corrected chi connectivity index (χ2v) is 10.8. The Morgan fingerprint density at radius 2 is 1.80 bits per heavy atom. The molecule has 0 bridgehead atoms. The number of piperidine rings is 1. The molecule has 2 aromatic carbocycles. The number of amides is 2. The molecule has 35 heavy (non-hydrogen) atoms. The van der Waals surface area contributed by atoms with E-state index in [0.717, 1.165) is 62.7 Å². The minimum Gasteiger partial charge on any atom is -0.369 e. The first-order valence-electron chi connectivity index (χ1n) is 12.6. The molecular weight excluding hydrogens is 462 g/mol. The Balaban J connectivity index is 1.40. The summed E-state index contributed by atoms with van der Waals surface area (Å²) < 4.78 is 0. The minimum absolute atomic E-state index is 0.0784. The number of carbonyl (C=O) groups is 3. The molecule has 184 valence electrons. The summed E-state index contributed by atoms with van der Waals surface area (Å²) in [5.41, 5.74) is 8.85. The molecule has 2 aromatic rings. The van der Waals surface area contributed by atoms with E-state index in [0.29, 0.717) is 22.6 Å². The number of Topliss-reactive ketones (excluding diaryl/α,β-unsaturated/α-hetero) is 1. The fourth-order valence-corrected chi connectivity index (χ4v) is 6.66. The van der Waals surface area contributed by atoms with Gasteiger partial charge < -0.3 is 16.4 Å². The molecule has 2 fully saturated rings. The van der Waals surface area contributed by atoms with Crippen molar-refractivity contribution in [2.45, 2.75) is 51.0 Å². The molecule has 2 amide bonds. The number of fused-ring (bicyclic) bond motifs is 1. The van der Waals surface area contributed by atoms with E-state index in [1.807, 2.05) is 18.2 Å². The van der Waals surface area contributed by atoms with Gasteiger partial charge in [0.15, 0.2) is 5.78 Å². The standard InChI is InChI=1S/C28H32ClN3O3/c29-23-4-2-1-3-20(23)27(35)32-24-8-7-17-5-6-18(15-21(17)24)25(33)22-16-19(26(30)34)9-10-28(22)11-13-31-14-12-28/h1-6,15,19,22,24,31H,7-14,16H2,(H2,30,34)(H,32,35)/t19?,22?,24-/m1/s1. The van der Waals surface area contributed by atoms with Crippen LogP contribution in [-0.2, 0) is 11.2 Å².